The number of nitro groups is 1. The van der Waals surface area contributed by atoms with Gasteiger partial charge in [-0.2, -0.15) is 0 Å². The van der Waals surface area contributed by atoms with Crippen molar-refractivity contribution in [2.75, 3.05) is 5.73 Å². The summed E-state index contributed by atoms with van der Waals surface area (Å²) in [5, 5.41) is 13.4. The van der Waals surface area contributed by atoms with Crippen LogP contribution in [0, 0.1) is 10.1 Å². The fourth-order valence-electron chi connectivity index (χ4n) is 2.50. The molecule has 0 amide bonds. The number of anilines is 1. The van der Waals surface area contributed by atoms with Gasteiger partial charge in [-0.05, 0) is 41.8 Å². The molecule has 124 valence electrons. The number of rotatable bonds is 4. The minimum absolute atomic E-state index is 0.0615. The van der Waals surface area contributed by atoms with E-state index in [-0.39, 0.29) is 11.5 Å². The maximum absolute atomic E-state index is 11.3. The summed E-state index contributed by atoms with van der Waals surface area (Å²) >= 11 is 4.94. The molecule has 0 saturated carbocycles. The Labute approximate surface area is 155 Å². The Morgan fingerprint density at radius 3 is 2.20 bits per heavy atom. The molecule has 0 aliphatic heterocycles. The first-order valence-electron chi connectivity index (χ1n) is 7.26. The highest BCUT2D eigenvalue weighted by atomic mass is 32.1. The summed E-state index contributed by atoms with van der Waals surface area (Å²) in [6, 6.07) is 13.9. The molecule has 0 spiro atoms. The number of nitrogens with two attached hydrogens (primary N) is 1. The van der Waals surface area contributed by atoms with E-state index in [1.54, 1.807) is 28.7 Å². The second kappa shape index (κ2) is 6.40. The van der Waals surface area contributed by atoms with Gasteiger partial charge in [-0.15, -0.1) is 34.0 Å². The molecule has 0 aliphatic carbocycles. The molecule has 4 rings (SSSR count). The Bertz CT molecular complexity index is 1050. The lowest BCUT2D eigenvalue weighted by Crippen LogP contribution is -1.99. The van der Waals surface area contributed by atoms with Crippen molar-refractivity contribution in [2.24, 2.45) is 0 Å². The van der Waals surface area contributed by atoms with Gasteiger partial charge in [-0.25, -0.2) is 4.98 Å². The van der Waals surface area contributed by atoms with Crippen molar-refractivity contribution in [1.82, 2.24) is 4.98 Å². The zero-order chi connectivity index (χ0) is 17.4. The zero-order valence-corrected chi connectivity index (χ0v) is 15.2. The number of hydrogen-bond acceptors (Lipinski definition) is 7. The fourth-order valence-corrected chi connectivity index (χ4v) is 5.46. The van der Waals surface area contributed by atoms with Gasteiger partial charge in [0.15, 0.2) is 0 Å². The van der Waals surface area contributed by atoms with Crippen LogP contribution in [0.2, 0.25) is 0 Å². The average Bonchev–Trinajstić information content (AvgIpc) is 3.33. The van der Waals surface area contributed by atoms with Crippen molar-refractivity contribution >= 4 is 45.5 Å². The largest absolute Gasteiger partial charge is 0.378 e. The normalized spacial score (nSPS) is 10.9. The van der Waals surface area contributed by atoms with Crippen molar-refractivity contribution < 1.29 is 4.92 Å². The lowest BCUT2D eigenvalue weighted by Gasteiger charge is -2.01. The van der Waals surface area contributed by atoms with Gasteiger partial charge in [0.05, 0.1) is 10.5 Å². The number of hydrogen-bond donors (Lipinski definition) is 1. The van der Waals surface area contributed by atoms with E-state index in [0.717, 1.165) is 14.6 Å². The number of nitrogen functional groups attached to an aromatic ring is 1. The van der Waals surface area contributed by atoms with Crippen LogP contribution >= 0.6 is 34.0 Å². The van der Waals surface area contributed by atoms with E-state index in [9.17, 15) is 10.1 Å². The van der Waals surface area contributed by atoms with Crippen LogP contribution in [0.1, 0.15) is 0 Å². The monoisotopic (exact) mass is 385 g/mol. The van der Waals surface area contributed by atoms with E-state index in [2.05, 4.69) is 28.6 Å². The number of nitrogens with zero attached hydrogens (tertiary/aromatic N) is 2. The van der Waals surface area contributed by atoms with Gasteiger partial charge in [0.2, 0.25) is 5.82 Å². The Morgan fingerprint density at radius 1 is 0.920 bits per heavy atom. The molecular formula is C17H11N3O2S3. The van der Waals surface area contributed by atoms with Crippen LogP contribution in [0.3, 0.4) is 0 Å². The van der Waals surface area contributed by atoms with Crippen molar-refractivity contribution in [3.05, 3.63) is 64.2 Å². The first-order chi connectivity index (χ1) is 12.1. The molecule has 2 N–H and O–H groups in total. The Morgan fingerprint density at radius 2 is 1.56 bits per heavy atom. The molecule has 4 aromatic rings. The van der Waals surface area contributed by atoms with Crippen LogP contribution in [0.4, 0.5) is 11.5 Å². The van der Waals surface area contributed by atoms with Crippen molar-refractivity contribution in [3.63, 3.8) is 0 Å². The van der Waals surface area contributed by atoms with Crippen LogP contribution in [-0.2, 0) is 0 Å². The lowest BCUT2D eigenvalue weighted by molar-refractivity contribution is -0.383. The highest BCUT2D eigenvalue weighted by Crippen LogP contribution is 2.43. The van der Waals surface area contributed by atoms with Gasteiger partial charge >= 0.3 is 5.69 Å². The minimum atomic E-state index is -0.475. The summed E-state index contributed by atoms with van der Waals surface area (Å²) in [6.45, 7) is 0. The van der Waals surface area contributed by atoms with E-state index in [4.69, 9.17) is 5.73 Å². The smallest absolute Gasteiger partial charge is 0.319 e. The summed E-state index contributed by atoms with van der Waals surface area (Å²) in [4.78, 5) is 20.2. The summed E-state index contributed by atoms with van der Waals surface area (Å²) in [5.74, 6) is -0.0615. The number of pyridine rings is 1. The van der Waals surface area contributed by atoms with E-state index >= 15 is 0 Å². The molecule has 0 atom stereocenters. The second-order valence-corrected chi connectivity index (χ2v) is 8.27. The molecule has 0 saturated heterocycles. The standard InChI is InChI=1S/C17H11N3O2S3/c18-17-16(20(21)22)10(7-8-19-17)11-3-4-14(24-11)15-6-5-13(25-15)12-2-1-9-23-12/h1-9H,(H2,18,19). The Balaban J connectivity index is 1.72. The van der Waals surface area contributed by atoms with Gasteiger partial charge in [-0.1, -0.05) is 6.07 Å². The van der Waals surface area contributed by atoms with Crippen LogP contribution in [0.15, 0.2) is 54.0 Å². The average molecular weight is 385 g/mol. The van der Waals surface area contributed by atoms with Crippen molar-refractivity contribution in [3.8, 4) is 29.9 Å². The maximum Gasteiger partial charge on any atom is 0.319 e. The minimum Gasteiger partial charge on any atom is -0.378 e. The van der Waals surface area contributed by atoms with Gasteiger partial charge < -0.3 is 5.73 Å². The molecule has 4 aromatic heterocycles. The first kappa shape index (κ1) is 15.9. The van der Waals surface area contributed by atoms with Crippen LogP contribution in [0.5, 0.6) is 0 Å². The molecule has 0 unspecified atom stereocenters. The number of thiophene rings is 3. The van der Waals surface area contributed by atoms with Gasteiger partial charge in [0, 0.05) is 30.6 Å². The third-order valence-corrected chi connectivity index (χ3v) is 7.08. The van der Waals surface area contributed by atoms with Gasteiger partial charge in [0.1, 0.15) is 0 Å². The Hall–Kier alpha value is -2.55. The summed E-state index contributed by atoms with van der Waals surface area (Å²) in [7, 11) is 0. The highest BCUT2D eigenvalue weighted by Gasteiger charge is 2.21. The highest BCUT2D eigenvalue weighted by molar-refractivity contribution is 7.27. The molecule has 0 fully saturated rings. The lowest BCUT2D eigenvalue weighted by atomic mass is 10.2. The molecular weight excluding hydrogens is 374 g/mol. The van der Waals surface area contributed by atoms with Crippen LogP contribution in [-0.4, -0.2) is 9.91 Å². The predicted molar refractivity (Wildman–Crippen MR) is 105 cm³/mol. The quantitative estimate of drug-likeness (QED) is 0.358. The fraction of sp³-hybridized carbons (Fsp3) is 0. The van der Waals surface area contributed by atoms with Crippen LogP contribution in [0.25, 0.3) is 29.9 Å². The first-order valence-corrected chi connectivity index (χ1v) is 9.78. The molecule has 0 bridgehead atoms. The predicted octanol–water partition coefficient (Wildman–Crippen LogP) is 5.76. The summed E-state index contributed by atoms with van der Waals surface area (Å²) in [5.41, 5.74) is 6.06. The summed E-state index contributed by atoms with van der Waals surface area (Å²) in [6.07, 6.45) is 1.50. The molecule has 0 radical (unpaired) electrons. The summed E-state index contributed by atoms with van der Waals surface area (Å²) < 4.78 is 0. The molecule has 25 heavy (non-hydrogen) atoms. The molecule has 4 heterocycles. The topological polar surface area (TPSA) is 82.0 Å². The SMILES string of the molecule is Nc1nccc(-c2ccc(-c3ccc(-c4cccs4)s3)s2)c1[N+](=O)[O-]. The maximum atomic E-state index is 11.3. The third-order valence-electron chi connectivity index (χ3n) is 3.62. The molecule has 0 aromatic carbocycles. The van der Waals surface area contributed by atoms with Crippen LogP contribution < -0.4 is 5.73 Å². The van der Waals surface area contributed by atoms with Gasteiger partial charge in [0.25, 0.3) is 0 Å². The van der Waals surface area contributed by atoms with E-state index in [0.29, 0.717) is 5.56 Å². The second-order valence-electron chi connectivity index (χ2n) is 5.15. The molecule has 8 heteroatoms. The zero-order valence-electron chi connectivity index (χ0n) is 12.7. The van der Waals surface area contributed by atoms with E-state index in [1.165, 1.54) is 27.3 Å². The van der Waals surface area contributed by atoms with Crippen molar-refractivity contribution in [2.45, 2.75) is 0 Å². The molecule has 0 aliphatic rings. The van der Waals surface area contributed by atoms with Crippen molar-refractivity contribution in [1.29, 1.82) is 0 Å². The molecule has 5 nitrogen and oxygen atoms in total. The Kier molecular flexibility index (Phi) is 4.08. The van der Waals surface area contributed by atoms with E-state index < -0.39 is 4.92 Å². The van der Waals surface area contributed by atoms with E-state index in [1.807, 2.05) is 18.2 Å². The third kappa shape index (κ3) is 2.95. The van der Waals surface area contributed by atoms with Gasteiger partial charge in [-0.3, -0.25) is 10.1 Å². The number of aromatic nitrogens is 1.